The van der Waals surface area contributed by atoms with E-state index in [1.54, 1.807) is 36.4 Å². The minimum atomic E-state index is -1.39. The molecule has 0 aromatic heterocycles. The second-order valence-electron chi connectivity index (χ2n) is 16.4. The topological polar surface area (TPSA) is 121 Å². The molecule has 1 fully saturated rings. The lowest BCUT2D eigenvalue weighted by atomic mass is 9.55. The Hall–Kier alpha value is -3.73. The summed E-state index contributed by atoms with van der Waals surface area (Å²) in [6, 6.07) is 10.9. The third kappa shape index (κ3) is 11.3. The molecule has 1 heterocycles. The first-order chi connectivity index (χ1) is 28.3. The van der Waals surface area contributed by atoms with Gasteiger partial charge in [0, 0.05) is 44.1 Å². The number of amides is 1. The van der Waals surface area contributed by atoms with E-state index >= 15 is 0 Å². The van der Waals surface area contributed by atoms with Gasteiger partial charge in [0.25, 0.3) is 0 Å². The van der Waals surface area contributed by atoms with Crippen LogP contribution in [-0.4, -0.2) is 70.1 Å². The smallest absolute Gasteiger partial charge is 0.239 e. The first-order valence-electron chi connectivity index (χ1n) is 22.2. The highest BCUT2D eigenvalue weighted by Crippen LogP contribution is 2.62. The van der Waals surface area contributed by atoms with Gasteiger partial charge in [-0.3, -0.25) is 4.79 Å². The third-order valence-electron chi connectivity index (χ3n) is 12.4. The lowest BCUT2D eigenvalue weighted by Gasteiger charge is -2.60. The fourth-order valence-electron chi connectivity index (χ4n) is 9.69. The van der Waals surface area contributed by atoms with E-state index < -0.39 is 17.7 Å². The summed E-state index contributed by atoms with van der Waals surface area (Å²) in [6.07, 6.45) is 19.5. The van der Waals surface area contributed by atoms with Crippen molar-refractivity contribution in [2.75, 3.05) is 26.4 Å². The molecule has 1 amide bonds. The molecule has 6 atom stereocenters. The number of hydrogen-bond acceptors (Lipinski definition) is 8. The summed E-state index contributed by atoms with van der Waals surface area (Å²) in [5.41, 5.74) is 3.34. The van der Waals surface area contributed by atoms with E-state index in [4.69, 9.17) is 19.5 Å². The van der Waals surface area contributed by atoms with Crippen molar-refractivity contribution in [1.82, 2.24) is 4.90 Å². The zero-order chi connectivity index (χ0) is 41.3. The number of phenols is 1. The van der Waals surface area contributed by atoms with Gasteiger partial charge in [-0.1, -0.05) is 101 Å². The number of oxime groups is 1. The van der Waals surface area contributed by atoms with Gasteiger partial charge in [0.05, 0.1) is 18.2 Å². The van der Waals surface area contributed by atoms with E-state index in [2.05, 4.69) is 19.6 Å². The van der Waals surface area contributed by atoms with Gasteiger partial charge in [0.2, 0.25) is 11.7 Å². The van der Waals surface area contributed by atoms with Crippen LogP contribution in [0.3, 0.4) is 0 Å². The Kier molecular flexibility index (Phi) is 18.1. The first kappa shape index (κ1) is 45.4. The van der Waals surface area contributed by atoms with Crippen molar-refractivity contribution < 1.29 is 38.8 Å². The number of phenolic OH excluding ortho intramolecular Hbond substituents is 1. The lowest BCUT2D eigenvalue weighted by Crippen LogP contribution is -2.70. The zero-order valence-corrected chi connectivity index (χ0v) is 35.1. The molecule has 9 nitrogen and oxygen atoms in total. The van der Waals surface area contributed by atoms with E-state index in [1.807, 2.05) is 11.8 Å². The number of fused-ring (bicyclic) bond motifs is 2. The van der Waals surface area contributed by atoms with Gasteiger partial charge in [-0.15, -0.1) is 6.58 Å². The average Bonchev–Trinajstić information content (AvgIpc) is 3.22. The summed E-state index contributed by atoms with van der Waals surface area (Å²) in [6.45, 7) is 9.09. The van der Waals surface area contributed by atoms with Gasteiger partial charge in [-0.25, -0.2) is 4.39 Å². The summed E-state index contributed by atoms with van der Waals surface area (Å²) in [7, 11) is 0. The van der Waals surface area contributed by atoms with Crippen molar-refractivity contribution in [1.29, 1.82) is 0 Å². The normalized spacial score (nSPS) is 24.1. The molecule has 0 unspecified atom stereocenters. The summed E-state index contributed by atoms with van der Waals surface area (Å²) in [4.78, 5) is 22.6. The van der Waals surface area contributed by atoms with Crippen LogP contribution in [0.15, 0.2) is 71.9 Å². The Bertz CT molecular complexity index is 1650. The summed E-state index contributed by atoms with van der Waals surface area (Å²) < 4.78 is 28.5. The molecule has 3 aliphatic rings. The number of aliphatic hydroxyl groups is 2. The Morgan fingerprint density at radius 2 is 1.64 bits per heavy atom. The molecule has 2 aromatic rings. The largest absolute Gasteiger partial charge is 0.508 e. The number of carbonyl (C=O) groups excluding carboxylic acids is 1. The van der Waals surface area contributed by atoms with E-state index in [0.29, 0.717) is 38.0 Å². The molecule has 0 saturated heterocycles. The van der Waals surface area contributed by atoms with E-state index in [9.17, 15) is 24.5 Å². The molecule has 320 valence electrons. The van der Waals surface area contributed by atoms with Crippen molar-refractivity contribution in [3.8, 4) is 11.5 Å². The van der Waals surface area contributed by atoms with Crippen molar-refractivity contribution in [2.45, 2.75) is 147 Å². The SMILES string of the molecule is C=CCO[C@@]12Oc3ccc(O)cc3[C@H]3[C@H](CCCCO)[C@@H](CCCCO)C=C(C(=NOCC)C[C@@H]1N(Cc1ccc(F)cc1)C(=O)CCCCCCCCCCC)[C@H]32. The summed E-state index contributed by atoms with van der Waals surface area (Å²) in [5, 5.41) is 35.4. The maximum absolute atomic E-state index is 14.9. The predicted octanol–water partition coefficient (Wildman–Crippen LogP) is 10.1. The van der Waals surface area contributed by atoms with E-state index in [1.165, 1.54) is 44.2 Å². The van der Waals surface area contributed by atoms with Crippen LogP contribution in [0.1, 0.15) is 140 Å². The predicted molar refractivity (Wildman–Crippen MR) is 227 cm³/mol. The lowest BCUT2D eigenvalue weighted by molar-refractivity contribution is -0.258. The fraction of sp³-hybridized carbons (Fsp3) is 0.625. The molecular weight excluding hydrogens is 736 g/mol. The number of aliphatic hydroxyl groups excluding tert-OH is 2. The maximum Gasteiger partial charge on any atom is 0.239 e. The number of aromatic hydroxyl groups is 1. The summed E-state index contributed by atoms with van der Waals surface area (Å²) in [5.74, 6) is -1.55. The van der Waals surface area contributed by atoms with Gasteiger partial charge in [-0.2, -0.15) is 0 Å². The molecule has 10 heteroatoms. The molecule has 0 bridgehead atoms. The highest BCUT2D eigenvalue weighted by molar-refractivity contribution is 6.03. The van der Waals surface area contributed by atoms with Gasteiger partial charge < -0.3 is 34.5 Å². The fourth-order valence-corrected chi connectivity index (χ4v) is 9.69. The third-order valence-corrected chi connectivity index (χ3v) is 12.4. The van der Waals surface area contributed by atoms with Crippen LogP contribution < -0.4 is 4.74 Å². The number of benzene rings is 2. The van der Waals surface area contributed by atoms with Crippen LogP contribution in [0.2, 0.25) is 0 Å². The molecule has 0 radical (unpaired) electrons. The van der Waals surface area contributed by atoms with Gasteiger partial charge >= 0.3 is 0 Å². The zero-order valence-electron chi connectivity index (χ0n) is 35.1. The number of ether oxygens (including phenoxy) is 2. The van der Waals surface area contributed by atoms with E-state index in [0.717, 1.165) is 73.8 Å². The van der Waals surface area contributed by atoms with Crippen LogP contribution in [0.25, 0.3) is 0 Å². The highest BCUT2D eigenvalue weighted by Gasteiger charge is 2.65. The number of hydrogen-bond donors (Lipinski definition) is 3. The molecule has 1 saturated carbocycles. The standard InChI is InChI=1S/C48H69FN2O7/c1-4-7-8-9-10-11-12-13-14-21-45(55)51(34-35-22-24-37(49)25-23-35)44-33-42(50-57-6-3)40-31-36(19-15-17-28-52)39(20-16-18-29-53)46-41-32-38(54)26-27-43(41)58-48(44,47(40)46)56-30-5-2/h5,22-27,31-32,36,39,44,46-47,52-54H,2,4,6-21,28-30,33-34H2,1,3H3/t36-,39+,44-,46+,47+,48+/m0/s1. The van der Waals surface area contributed by atoms with E-state index in [-0.39, 0.29) is 61.6 Å². The molecule has 1 aliphatic heterocycles. The Labute approximate surface area is 346 Å². The number of halogens is 1. The Morgan fingerprint density at radius 1 is 0.948 bits per heavy atom. The monoisotopic (exact) mass is 805 g/mol. The maximum atomic E-state index is 14.9. The van der Waals surface area contributed by atoms with Crippen LogP contribution in [0, 0.1) is 23.6 Å². The molecule has 2 aliphatic carbocycles. The first-order valence-corrected chi connectivity index (χ1v) is 22.2. The van der Waals surface area contributed by atoms with Gasteiger partial charge in [0.15, 0.2) is 0 Å². The minimum Gasteiger partial charge on any atom is -0.508 e. The highest BCUT2D eigenvalue weighted by atomic mass is 19.1. The van der Waals surface area contributed by atoms with Crippen LogP contribution in [-0.2, 0) is 20.9 Å². The van der Waals surface area contributed by atoms with Crippen molar-refractivity contribution >= 4 is 11.6 Å². The summed E-state index contributed by atoms with van der Waals surface area (Å²) >= 11 is 0. The minimum absolute atomic E-state index is 0.0316. The second-order valence-corrected chi connectivity index (χ2v) is 16.4. The number of carbonyl (C=O) groups is 1. The number of rotatable bonds is 26. The van der Waals surface area contributed by atoms with Crippen molar-refractivity contribution in [3.63, 3.8) is 0 Å². The quantitative estimate of drug-likeness (QED) is 0.0492. The number of unbranched alkanes of at least 4 members (excludes halogenated alkanes) is 10. The van der Waals surface area contributed by atoms with Crippen molar-refractivity contribution in [2.24, 2.45) is 22.9 Å². The number of allylic oxidation sites excluding steroid dienone is 1. The Morgan fingerprint density at radius 3 is 2.31 bits per heavy atom. The molecule has 0 spiro atoms. The van der Waals surface area contributed by atoms with Gasteiger partial charge in [0.1, 0.15) is 30.0 Å². The van der Waals surface area contributed by atoms with Crippen LogP contribution in [0.5, 0.6) is 11.5 Å². The molecule has 2 aromatic carbocycles. The molecule has 3 N–H and O–H groups in total. The average molecular weight is 805 g/mol. The molecule has 58 heavy (non-hydrogen) atoms. The van der Waals surface area contributed by atoms with Crippen LogP contribution >= 0.6 is 0 Å². The van der Waals surface area contributed by atoms with Gasteiger partial charge in [-0.05, 0) is 92.3 Å². The van der Waals surface area contributed by atoms with Crippen LogP contribution in [0.4, 0.5) is 4.39 Å². The molecule has 5 rings (SSSR count). The molecular formula is C48H69FN2O7. The second kappa shape index (κ2) is 23.2. The Balaban J connectivity index is 1.63. The number of nitrogens with zero attached hydrogens (tertiary/aromatic N) is 2. The van der Waals surface area contributed by atoms with Crippen molar-refractivity contribution in [3.05, 3.63) is 83.7 Å².